The summed E-state index contributed by atoms with van der Waals surface area (Å²) >= 11 is 5.82. The van der Waals surface area contributed by atoms with Crippen LogP contribution in [0.25, 0.3) is 0 Å². The summed E-state index contributed by atoms with van der Waals surface area (Å²) in [5, 5.41) is 3.31. The van der Waals surface area contributed by atoms with Gasteiger partial charge >= 0.3 is 0 Å². The van der Waals surface area contributed by atoms with E-state index in [2.05, 4.69) is 10.2 Å². The monoisotopic (exact) mass is 387 g/mol. The first-order valence-corrected chi connectivity index (χ1v) is 9.15. The molecular formula is C20H22ClN3O3. The van der Waals surface area contributed by atoms with Crippen LogP contribution in [-0.2, 0) is 9.59 Å². The van der Waals surface area contributed by atoms with Crippen LogP contribution in [0.1, 0.15) is 6.42 Å². The van der Waals surface area contributed by atoms with Gasteiger partial charge in [-0.2, -0.15) is 0 Å². The highest BCUT2D eigenvalue weighted by molar-refractivity contribution is 6.30. The maximum Gasteiger partial charge on any atom is 0.233 e. The minimum atomic E-state index is -0.320. The number of carbonyl (C=O) groups is 2. The molecule has 2 aromatic carbocycles. The number of amides is 2. The Morgan fingerprint density at radius 3 is 2.22 bits per heavy atom. The zero-order valence-electron chi connectivity index (χ0n) is 15.2. The fourth-order valence-corrected chi connectivity index (χ4v) is 3.12. The molecule has 1 aliphatic rings. The highest BCUT2D eigenvalue weighted by Crippen LogP contribution is 2.21. The molecule has 0 saturated carbocycles. The largest absolute Gasteiger partial charge is 0.497 e. The molecule has 0 spiro atoms. The summed E-state index contributed by atoms with van der Waals surface area (Å²) in [7, 11) is 1.64. The van der Waals surface area contributed by atoms with Gasteiger partial charge in [0.05, 0.1) is 7.11 Å². The van der Waals surface area contributed by atoms with E-state index in [9.17, 15) is 9.59 Å². The molecule has 27 heavy (non-hydrogen) atoms. The van der Waals surface area contributed by atoms with Crippen LogP contribution in [0.4, 0.5) is 11.4 Å². The lowest BCUT2D eigenvalue weighted by Crippen LogP contribution is -2.49. The van der Waals surface area contributed by atoms with Crippen molar-refractivity contribution >= 4 is 34.8 Å². The summed E-state index contributed by atoms with van der Waals surface area (Å²) in [4.78, 5) is 28.4. The van der Waals surface area contributed by atoms with Gasteiger partial charge in [-0.25, -0.2) is 0 Å². The van der Waals surface area contributed by atoms with Crippen molar-refractivity contribution in [1.29, 1.82) is 0 Å². The minimum Gasteiger partial charge on any atom is -0.497 e. The second-order valence-corrected chi connectivity index (χ2v) is 6.73. The van der Waals surface area contributed by atoms with E-state index in [4.69, 9.17) is 16.3 Å². The third-order valence-corrected chi connectivity index (χ3v) is 4.76. The first kappa shape index (κ1) is 19.0. The van der Waals surface area contributed by atoms with Crippen LogP contribution in [-0.4, -0.2) is 50.0 Å². The molecular weight excluding hydrogens is 366 g/mol. The van der Waals surface area contributed by atoms with Crippen molar-refractivity contribution in [3.05, 3.63) is 53.6 Å². The number of hydrogen-bond acceptors (Lipinski definition) is 4. The van der Waals surface area contributed by atoms with E-state index in [1.54, 1.807) is 36.3 Å². The first-order chi connectivity index (χ1) is 13.0. The topological polar surface area (TPSA) is 61.9 Å². The van der Waals surface area contributed by atoms with Crippen molar-refractivity contribution in [3.63, 3.8) is 0 Å². The molecule has 1 N–H and O–H groups in total. The zero-order chi connectivity index (χ0) is 19.2. The molecule has 0 aliphatic carbocycles. The summed E-state index contributed by atoms with van der Waals surface area (Å²) < 4.78 is 5.17. The number of benzene rings is 2. The number of halogens is 1. The SMILES string of the molecule is COc1ccc(N2CCN(C(=O)CC(=O)Nc3ccc(Cl)cc3)CC2)cc1. The lowest BCUT2D eigenvalue weighted by atomic mass is 10.2. The van der Waals surface area contributed by atoms with E-state index in [0.717, 1.165) is 24.5 Å². The normalized spacial score (nSPS) is 14.0. The number of methoxy groups -OCH3 is 1. The molecule has 0 aromatic heterocycles. The van der Waals surface area contributed by atoms with Gasteiger partial charge in [0.1, 0.15) is 12.2 Å². The first-order valence-electron chi connectivity index (χ1n) is 8.77. The van der Waals surface area contributed by atoms with E-state index in [-0.39, 0.29) is 18.2 Å². The number of carbonyl (C=O) groups excluding carboxylic acids is 2. The third kappa shape index (κ3) is 5.14. The fourth-order valence-electron chi connectivity index (χ4n) is 2.99. The molecule has 0 bridgehead atoms. The van der Waals surface area contributed by atoms with E-state index < -0.39 is 0 Å². The van der Waals surface area contributed by atoms with Crippen molar-refractivity contribution in [2.24, 2.45) is 0 Å². The Bertz CT molecular complexity index is 785. The van der Waals surface area contributed by atoms with Crippen LogP contribution < -0.4 is 15.0 Å². The van der Waals surface area contributed by atoms with Crippen LogP contribution >= 0.6 is 11.6 Å². The molecule has 2 amide bonds. The molecule has 0 unspecified atom stereocenters. The van der Waals surface area contributed by atoms with Crippen LogP contribution in [0.5, 0.6) is 5.75 Å². The summed E-state index contributed by atoms with van der Waals surface area (Å²) in [5.74, 6) is 0.343. The van der Waals surface area contributed by atoms with Crippen molar-refractivity contribution in [3.8, 4) is 5.75 Å². The van der Waals surface area contributed by atoms with Crippen molar-refractivity contribution in [1.82, 2.24) is 4.90 Å². The van der Waals surface area contributed by atoms with Crippen LogP contribution in [0.2, 0.25) is 5.02 Å². The van der Waals surface area contributed by atoms with Crippen LogP contribution in [0.3, 0.4) is 0 Å². The average molecular weight is 388 g/mol. The van der Waals surface area contributed by atoms with Gasteiger partial charge < -0.3 is 19.9 Å². The number of piperazine rings is 1. The van der Waals surface area contributed by atoms with Crippen LogP contribution in [0.15, 0.2) is 48.5 Å². The predicted octanol–water partition coefficient (Wildman–Crippen LogP) is 3.03. The second kappa shape index (κ2) is 8.77. The Morgan fingerprint density at radius 2 is 1.63 bits per heavy atom. The molecule has 0 radical (unpaired) electrons. The predicted molar refractivity (Wildman–Crippen MR) is 106 cm³/mol. The minimum absolute atomic E-state index is 0.157. The zero-order valence-corrected chi connectivity index (χ0v) is 15.9. The van der Waals surface area contributed by atoms with Crippen molar-refractivity contribution in [2.45, 2.75) is 6.42 Å². The Balaban J connectivity index is 1.47. The summed E-state index contributed by atoms with van der Waals surface area (Å²) in [6.07, 6.45) is -0.162. The Kier molecular flexibility index (Phi) is 6.19. The van der Waals surface area contributed by atoms with Gasteiger partial charge in [-0.3, -0.25) is 9.59 Å². The number of ether oxygens (including phenoxy) is 1. The molecule has 1 saturated heterocycles. The number of anilines is 2. The maximum absolute atomic E-state index is 12.4. The van der Waals surface area contributed by atoms with E-state index in [1.165, 1.54) is 0 Å². The van der Waals surface area contributed by atoms with E-state index in [0.29, 0.717) is 23.8 Å². The van der Waals surface area contributed by atoms with Crippen molar-refractivity contribution < 1.29 is 14.3 Å². The molecule has 142 valence electrons. The lowest BCUT2D eigenvalue weighted by molar-refractivity contribution is -0.134. The third-order valence-electron chi connectivity index (χ3n) is 4.51. The highest BCUT2D eigenvalue weighted by Gasteiger charge is 2.23. The van der Waals surface area contributed by atoms with E-state index >= 15 is 0 Å². The molecule has 1 fully saturated rings. The van der Waals surface area contributed by atoms with E-state index in [1.807, 2.05) is 24.3 Å². The fraction of sp³-hybridized carbons (Fsp3) is 0.300. The number of hydrogen-bond donors (Lipinski definition) is 1. The molecule has 1 heterocycles. The molecule has 6 nitrogen and oxygen atoms in total. The molecule has 2 aromatic rings. The lowest BCUT2D eigenvalue weighted by Gasteiger charge is -2.36. The number of nitrogens with zero attached hydrogens (tertiary/aromatic N) is 2. The summed E-state index contributed by atoms with van der Waals surface area (Å²) in [5.41, 5.74) is 1.73. The molecule has 0 atom stereocenters. The molecule has 1 aliphatic heterocycles. The van der Waals surface area contributed by atoms with Gasteiger partial charge in [0.2, 0.25) is 11.8 Å². The number of nitrogens with one attached hydrogen (secondary N) is 1. The average Bonchev–Trinajstić information content (AvgIpc) is 2.70. The van der Waals surface area contributed by atoms with Gasteiger partial charge in [-0.05, 0) is 48.5 Å². The van der Waals surface area contributed by atoms with Gasteiger partial charge in [0.25, 0.3) is 0 Å². The Labute approximate surface area is 163 Å². The quantitative estimate of drug-likeness (QED) is 0.801. The van der Waals surface area contributed by atoms with Crippen LogP contribution in [0, 0.1) is 0 Å². The smallest absolute Gasteiger partial charge is 0.233 e. The Morgan fingerprint density at radius 1 is 1.00 bits per heavy atom. The highest BCUT2D eigenvalue weighted by atomic mass is 35.5. The van der Waals surface area contributed by atoms with Gasteiger partial charge in [-0.1, -0.05) is 11.6 Å². The molecule has 7 heteroatoms. The Hall–Kier alpha value is -2.73. The second-order valence-electron chi connectivity index (χ2n) is 6.30. The standard InChI is InChI=1S/C20H22ClN3O3/c1-27-18-8-6-17(7-9-18)23-10-12-24(13-11-23)20(26)14-19(25)22-16-4-2-15(21)3-5-16/h2-9H,10-14H2,1H3,(H,22,25). The maximum atomic E-state index is 12.4. The summed E-state index contributed by atoms with van der Waals surface area (Å²) in [6.45, 7) is 2.66. The van der Waals surface area contributed by atoms with Gasteiger partial charge in [0, 0.05) is 42.6 Å². The molecule has 3 rings (SSSR count). The van der Waals surface area contributed by atoms with Crippen molar-refractivity contribution in [2.75, 3.05) is 43.5 Å². The van der Waals surface area contributed by atoms with Gasteiger partial charge in [-0.15, -0.1) is 0 Å². The number of rotatable bonds is 5. The van der Waals surface area contributed by atoms with Gasteiger partial charge in [0.15, 0.2) is 0 Å². The summed E-state index contributed by atoms with van der Waals surface area (Å²) in [6, 6.07) is 14.7.